The molecule has 0 aliphatic carbocycles. The molecule has 3 rings (SSSR count). The van der Waals surface area contributed by atoms with E-state index in [4.69, 9.17) is 25.8 Å². The number of carbonyl (C=O) groups excluding carboxylic acids is 2. The highest BCUT2D eigenvalue weighted by molar-refractivity contribution is 6.31. The predicted octanol–water partition coefficient (Wildman–Crippen LogP) is 5.41. The molecule has 33 heavy (non-hydrogen) atoms. The Kier molecular flexibility index (Phi) is 8.16. The summed E-state index contributed by atoms with van der Waals surface area (Å²) in [6.07, 6.45) is -0.800. The fourth-order valence-corrected chi connectivity index (χ4v) is 3.17. The quantitative estimate of drug-likeness (QED) is 0.438. The molecule has 0 aromatic heterocycles. The van der Waals surface area contributed by atoms with Crippen molar-refractivity contribution in [2.75, 3.05) is 24.4 Å². The lowest BCUT2D eigenvalue weighted by Crippen LogP contribution is -2.30. The highest BCUT2D eigenvalue weighted by Gasteiger charge is 2.17. The SMILES string of the molecule is CCOc1ccccc1NC(=O)c1ccc(OC(C)C(=O)Nc2cc(Cl)ccc2OC)cc1. The van der Waals surface area contributed by atoms with Gasteiger partial charge in [-0.3, -0.25) is 9.59 Å². The zero-order valence-corrected chi connectivity index (χ0v) is 19.3. The lowest BCUT2D eigenvalue weighted by Gasteiger charge is -2.16. The minimum atomic E-state index is -0.800. The van der Waals surface area contributed by atoms with E-state index in [1.54, 1.807) is 61.5 Å². The van der Waals surface area contributed by atoms with Crippen LogP contribution in [0, 0.1) is 0 Å². The van der Waals surface area contributed by atoms with Gasteiger partial charge in [-0.15, -0.1) is 0 Å². The molecule has 0 fully saturated rings. The maximum atomic E-state index is 12.6. The van der Waals surface area contributed by atoms with Crippen LogP contribution in [0.15, 0.2) is 66.7 Å². The molecule has 8 heteroatoms. The molecule has 0 heterocycles. The van der Waals surface area contributed by atoms with Gasteiger partial charge in [0.2, 0.25) is 0 Å². The van der Waals surface area contributed by atoms with E-state index in [0.29, 0.717) is 45.8 Å². The van der Waals surface area contributed by atoms with Crippen molar-refractivity contribution in [1.82, 2.24) is 0 Å². The summed E-state index contributed by atoms with van der Waals surface area (Å²) in [6, 6.07) is 18.7. The number of carbonyl (C=O) groups is 2. The molecule has 0 spiro atoms. The number of ether oxygens (including phenoxy) is 3. The molecule has 0 aliphatic heterocycles. The summed E-state index contributed by atoms with van der Waals surface area (Å²) in [7, 11) is 1.51. The van der Waals surface area contributed by atoms with Gasteiger partial charge in [-0.05, 0) is 68.4 Å². The lowest BCUT2D eigenvalue weighted by atomic mass is 10.2. The third-order valence-corrected chi connectivity index (χ3v) is 4.89. The van der Waals surface area contributed by atoms with Crippen LogP contribution in [0.3, 0.4) is 0 Å². The van der Waals surface area contributed by atoms with E-state index in [9.17, 15) is 9.59 Å². The maximum absolute atomic E-state index is 12.6. The van der Waals surface area contributed by atoms with Gasteiger partial charge in [-0.1, -0.05) is 23.7 Å². The van der Waals surface area contributed by atoms with Crippen LogP contribution in [0.25, 0.3) is 0 Å². The van der Waals surface area contributed by atoms with Gasteiger partial charge in [-0.2, -0.15) is 0 Å². The molecule has 1 atom stereocenters. The second kappa shape index (κ2) is 11.2. The van der Waals surface area contributed by atoms with Gasteiger partial charge in [0.1, 0.15) is 17.2 Å². The largest absolute Gasteiger partial charge is 0.495 e. The summed E-state index contributed by atoms with van der Waals surface area (Å²) in [4.78, 5) is 25.2. The van der Waals surface area contributed by atoms with Crippen LogP contribution >= 0.6 is 11.6 Å². The first-order valence-corrected chi connectivity index (χ1v) is 10.7. The molecule has 0 aliphatic rings. The summed E-state index contributed by atoms with van der Waals surface area (Å²) in [6.45, 7) is 4.00. The Morgan fingerprint density at radius 1 is 0.939 bits per heavy atom. The van der Waals surface area contributed by atoms with Crippen molar-refractivity contribution in [1.29, 1.82) is 0 Å². The highest BCUT2D eigenvalue weighted by Crippen LogP contribution is 2.28. The van der Waals surface area contributed by atoms with Crippen molar-refractivity contribution in [2.24, 2.45) is 0 Å². The van der Waals surface area contributed by atoms with Gasteiger partial charge in [0.15, 0.2) is 6.10 Å². The number of hydrogen-bond acceptors (Lipinski definition) is 5. The molecule has 0 bridgehead atoms. The zero-order valence-electron chi connectivity index (χ0n) is 18.6. The van der Waals surface area contributed by atoms with Crippen LogP contribution in [0.1, 0.15) is 24.2 Å². The van der Waals surface area contributed by atoms with Crippen molar-refractivity contribution >= 4 is 34.8 Å². The topological polar surface area (TPSA) is 85.9 Å². The van der Waals surface area contributed by atoms with Gasteiger partial charge >= 0.3 is 0 Å². The standard InChI is InChI=1S/C25H25ClN2O5/c1-4-32-23-8-6-5-7-20(23)27-25(30)17-9-12-19(13-10-17)33-16(2)24(29)28-21-15-18(26)11-14-22(21)31-3/h5-16H,4H2,1-3H3,(H,27,30)(H,28,29). The van der Waals surface area contributed by atoms with Gasteiger partial charge in [0, 0.05) is 10.6 Å². The molecule has 1 unspecified atom stereocenters. The molecule has 7 nitrogen and oxygen atoms in total. The number of anilines is 2. The number of para-hydroxylation sites is 2. The molecule has 0 saturated heterocycles. The minimum absolute atomic E-state index is 0.285. The Morgan fingerprint density at radius 3 is 2.36 bits per heavy atom. The fourth-order valence-electron chi connectivity index (χ4n) is 3.00. The van der Waals surface area contributed by atoms with E-state index >= 15 is 0 Å². The Hall–Kier alpha value is -3.71. The first-order valence-electron chi connectivity index (χ1n) is 10.4. The number of amides is 2. The number of nitrogens with one attached hydrogen (secondary N) is 2. The van der Waals surface area contributed by atoms with Crippen LogP contribution in [-0.2, 0) is 4.79 Å². The minimum Gasteiger partial charge on any atom is -0.495 e. The maximum Gasteiger partial charge on any atom is 0.265 e. The summed E-state index contributed by atoms with van der Waals surface area (Å²) in [5.41, 5.74) is 1.48. The average Bonchev–Trinajstić information content (AvgIpc) is 2.81. The average molecular weight is 469 g/mol. The molecule has 2 N–H and O–H groups in total. The molecule has 0 saturated carbocycles. The van der Waals surface area contributed by atoms with Crippen LogP contribution in [0.5, 0.6) is 17.2 Å². The zero-order chi connectivity index (χ0) is 23.8. The smallest absolute Gasteiger partial charge is 0.265 e. The van der Waals surface area contributed by atoms with Crippen LogP contribution < -0.4 is 24.8 Å². The summed E-state index contributed by atoms with van der Waals surface area (Å²) in [5.74, 6) is 0.880. The molecule has 2 amide bonds. The van der Waals surface area contributed by atoms with Crippen molar-refractivity contribution in [3.63, 3.8) is 0 Å². The second-order valence-corrected chi connectivity index (χ2v) is 7.44. The van der Waals surface area contributed by atoms with E-state index in [1.807, 2.05) is 19.1 Å². The highest BCUT2D eigenvalue weighted by atomic mass is 35.5. The van der Waals surface area contributed by atoms with Gasteiger partial charge in [-0.25, -0.2) is 0 Å². The van der Waals surface area contributed by atoms with Crippen molar-refractivity contribution in [2.45, 2.75) is 20.0 Å². The number of halogens is 1. The molecule has 0 radical (unpaired) electrons. The predicted molar refractivity (Wildman–Crippen MR) is 129 cm³/mol. The third kappa shape index (κ3) is 6.40. The van der Waals surface area contributed by atoms with Crippen LogP contribution in [-0.4, -0.2) is 31.6 Å². The number of benzene rings is 3. The van der Waals surface area contributed by atoms with E-state index in [0.717, 1.165) is 0 Å². The van der Waals surface area contributed by atoms with E-state index in [2.05, 4.69) is 10.6 Å². The van der Waals surface area contributed by atoms with Crippen molar-refractivity contribution < 1.29 is 23.8 Å². The summed E-state index contributed by atoms with van der Waals surface area (Å²) >= 11 is 6.00. The van der Waals surface area contributed by atoms with Gasteiger partial charge in [0.25, 0.3) is 11.8 Å². The van der Waals surface area contributed by atoms with Gasteiger partial charge < -0.3 is 24.8 Å². The Morgan fingerprint density at radius 2 is 1.67 bits per heavy atom. The Bertz CT molecular complexity index is 1120. The number of methoxy groups -OCH3 is 1. The van der Waals surface area contributed by atoms with Crippen LogP contribution in [0.4, 0.5) is 11.4 Å². The molecular weight excluding hydrogens is 444 g/mol. The van der Waals surface area contributed by atoms with E-state index < -0.39 is 6.10 Å². The monoisotopic (exact) mass is 468 g/mol. The third-order valence-electron chi connectivity index (χ3n) is 4.65. The molecular formula is C25H25ClN2O5. The molecule has 3 aromatic rings. The fraction of sp³-hybridized carbons (Fsp3) is 0.200. The molecule has 172 valence electrons. The second-order valence-electron chi connectivity index (χ2n) is 7.00. The lowest BCUT2D eigenvalue weighted by molar-refractivity contribution is -0.122. The number of rotatable bonds is 9. The summed E-state index contributed by atoms with van der Waals surface area (Å²) in [5, 5.41) is 6.06. The normalized spacial score (nSPS) is 11.3. The van der Waals surface area contributed by atoms with Crippen molar-refractivity contribution in [3.8, 4) is 17.2 Å². The first-order chi connectivity index (χ1) is 15.9. The Balaban J connectivity index is 1.61. The number of hydrogen-bond donors (Lipinski definition) is 2. The van der Waals surface area contributed by atoms with Gasteiger partial charge in [0.05, 0.1) is 25.1 Å². The first kappa shape index (κ1) is 23.9. The van der Waals surface area contributed by atoms with E-state index in [1.165, 1.54) is 7.11 Å². The van der Waals surface area contributed by atoms with Crippen LogP contribution in [0.2, 0.25) is 5.02 Å². The molecule has 3 aromatic carbocycles. The van der Waals surface area contributed by atoms with E-state index in [-0.39, 0.29) is 11.8 Å². The van der Waals surface area contributed by atoms with Crippen molar-refractivity contribution in [3.05, 3.63) is 77.3 Å². The summed E-state index contributed by atoms with van der Waals surface area (Å²) < 4.78 is 16.5. The Labute approximate surface area is 197 Å².